The summed E-state index contributed by atoms with van der Waals surface area (Å²) in [6.07, 6.45) is 1.59. The normalized spacial score (nSPS) is 17.3. The van der Waals surface area contributed by atoms with E-state index in [0.29, 0.717) is 32.0 Å². The van der Waals surface area contributed by atoms with Crippen LogP contribution in [-0.4, -0.2) is 50.5 Å². The maximum atomic E-state index is 12.9. The lowest BCUT2D eigenvalue weighted by Crippen LogP contribution is -2.44. The third-order valence-electron chi connectivity index (χ3n) is 5.07. The van der Waals surface area contributed by atoms with Gasteiger partial charge in [-0.3, -0.25) is 14.6 Å². The molecule has 27 heavy (non-hydrogen) atoms. The smallest absolute Gasteiger partial charge is 0.272 e. The molecule has 1 fully saturated rings. The molecule has 7 heteroatoms. The first kappa shape index (κ1) is 17.5. The summed E-state index contributed by atoms with van der Waals surface area (Å²) in [5.41, 5.74) is 4.75. The summed E-state index contributed by atoms with van der Waals surface area (Å²) in [4.78, 5) is 14.8. The molecule has 3 aromatic rings. The van der Waals surface area contributed by atoms with Gasteiger partial charge in [-0.2, -0.15) is 10.2 Å². The number of H-pyrrole nitrogens is 1. The van der Waals surface area contributed by atoms with Gasteiger partial charge in [-0.05, 0) is 25.5 Å². The number of aromatic nitrogens is 4. The molecule has 1 aromatic carbocycles. The third-order valence-corrected chi connectivity index (χ3v) is 5.07. The van der Waals surface area contributed by atoms with E-state index in [1.807, 2.05) is 34.7 Å². The highest BCUT2D eigenvalue weighted by atomic mass is 16.5. The molecule has 1 amide bonds. The predicted octanol–water partition coefficient (Wildman–Crippen LogP) is 2.49. The molecule has 0 bridgehead atoms. The summed E-state index contributed by atoms with van der Waals surface area (Å²) in [6, 6.07) is 11.8. The van der Waals surface area contributed by atoms with Crippen LogP contribution in [0.1, 0.15) is 39.0 Å². The Morgan fingerprint density at radius 2 is 2.07 bits per heavy atom. The number of hydrogen-bond acceptors (Lipinski definition) is 4. The zero-order valence-electron chi connectivity index (χ0n) is 15.6. The lowest BCUT2D eigenvalue weighted by molar-refractivity contribution is -0.00336. The van der Waals surface area contributed by atoms with Crippen LogP contribution in [0.3, 0.4) is 0 Å². The van der Waals surface area contributed by atoms with E-state index < -0.39 is 0 Å². The minimum Gasteiger partial charge on any atom is -0.377 e. The van der Waals surface area contributed by atoms with Gasteiger partial charge in [0.2, 0.25) is 0 Å². The second-order valence-corrected chi connectivity index (χ2v) is 6.79. The number of nitrogens with one attached hydrogen (secondary N) is 1. The number of aryl methyl sites for hydroxylation is 1. The fourth-order valence-electron chi connectivity index (χ4n) is 3.72. The summed E-state index contributed by atoms with van der Waals surface area (Å²) in [5.74, 6) is -0.0598. The summed E-state index contributed by atoms with van der Waals surface area (Å²) in [5, 5.41) is 11.4. The van der Waals surface area contributed by atoms with E-state index in [0.717, 1.165) is 17.0 Å². The molecule has 0 spiro atoms. The van der Waals surface area contributed by atoms with Gasteiger partial charge in [-0.1, -0.05) is 30.3 Å². The molecule has 7 nitrogen and oxygen atoms in total. The number of morpholine rings is 1. The Labute approximate surface area is 157 Å². The van der Waals surface area contributed by atoms with E-state index in [2.05, 4.69) is 29.3 Å². The first-order valence-electron chi connectivity index (χ1n) is 9.11. The van der Waals surface area contributed by atoms with Gasteiger partial charge in [-0.25, -0.2) is 0 Å². The Bertz CT molecular complexity index is 918. The summed E-state index contributed by atoms with van der Waals surface area (Å²) in [7, 11) is 0. The number of rotatable bonds is 4. The molecule has 3 heterocycles. The molecular weight excluding hydrogens is 342 g/mol. The predicted molar refractivity (Wildman–Crippen MR) is 100 cm³/mol. The number of nitrogens with zero attached hydrogens (tertiary/aromatic N) is 4. The van der Waals surface area contributed by atoms with Crippen LogP contribution in [0.5, 0.6) is 0 Å². The van der Waals surface area contributed by atoms with Crippen LogP contribution in [0, 0.1) is 13.8 Å². The molecule has 1 unspecified atom stereocenters. The largest absolute Gasteiger partial charge is 0.377 e. The van der Waals surface area contributed by atoms with Crippen LogP contribution in [0.2, 0.25) is 0 Å². The Balaban J connectivity index is 1.65. The van der Waals surface area contributed by atoms with Gasteiger partial charge in [0.25, 0.3) is 5.91 Å². The van der Waals surface area contributed by atoms with Crippen molar-refractivity contribution in [3.63, 3.8) is 0 Å². The molecule has 0 saturated carbocycles. The molecule has 1 saturated heterocycles. The number of benzene rings is 1. The van der Waals surface area contributed by atoms with E-state index in [9.17, 15) is 4.79 Å². The minimum atomic E-state index is -0.154. The number of hydrogen-bond donors (Lipinski definition) is 1. The molecule has 1 N–H and O–H groups in total. The van der Waals surface area contributed by atoms with Crippen LogP contribution in [0.15, 0.2) is 42.6 Å². The van der Waals surface area contributed by atoms with Crippen molar-refractivity contribution < 1.29 is 9.53 Å². The highest BCUT2D eigenvalue weighted by Crippen LogP contribution is 2.30. The number of aromatic amines is 1. The van der Waals surface area contributed by atoms with E-state index >= 15 is 0 Å². The van der Waals surface area contributed by atoms with E-state index in [4.69, 9.17) is 9.84 Å². The highest BCUT2D eigenvalue weighted by Gasteiger charge is 2.33. The van der Waals surface area contributed by atoms with Crippen LogP contribution >= 0.6 is 0 Å². The molecule has 2 aromatic heterocycles. The zero-order chi connectivity index (χ0) is 18.8. The van der Waals surface area contributed by atoms with Crippen LogP contribution in [0.4, 0.5) is 0 Å². The second-order valence-electron chi connectivity index (χ2n) is 6.79. The summed E-state index contributed by atoms with van der Waals surface area (Å²) in [6.45, 7) is 6.31. The standard InChI is InChI=1S/C20H23N5O2/c1-14-19(15(2)25(23-14)12-16-6-4-3-5-7-16)18-13-27-11-10-24(18)20(26)17-8-9-21-22-17/h3-9,18H,10-13H2,1-2H3,(H,21,22). The quantitative estimate of drug-likeness (QED) is 0.771. The van der Waals surface area contributed by atoms with Gasteiger partial charge in [0.15, 0.2) is 0 Å². The second kappa shape index (κ2) is 7.36. The van der Waals surface area contributed by atoms with E-state index in [-0.39, 0.29) is 11.9 Å². The van der Waals surface area contributed by atoms with Crippen molar-refractivity contribution in [1.29, 1.82) is 0 Å². The first-order valence-corrected chi connectivity index (χ1v) is 9.11. The third kappa shape index (κ3) is 3.38. The zero-order valence-corrected chi connectivity index (χ0v) is 15.6. The lowest BCUT2D eigenvalue weighted by atomic mass is 10.0. The maximum Gasteiger partial charge on any atom is 0.272 e. The fraction of sp³-hybridized carbons (Fsp3) is 0.350. The van der Waals surface area contributed by atoms with Gasteiger partial charge in [-0.15, -0.1) is 0 Å². The minimum absolute atomic E-state index is 0.0598. The van der Waals surface area contributed by atoms with Gasteiger partial charge in [0.05, 0.1) is 31.5 Å². The van der Waals surface area contributed by atoms with Gasteiger partial charge >= 0.3 is 0 Å². The fourth-order valence-corrected chi connectivity index (χ4v) is 3.72. The Hall–Kier alpha value is -2.93. The molecule has 1 atom stereocenters. The van der Waals surface area contributed by atoms with E-state index in [1.165, 1.54) is 5.56 Å². The van der Waals surface area contributed by atoms with Crippen LogP contribution in [0.25, 0.3) is 0 Å². The monoisotopic (exact) mass is 365 g/mol. The van der Waals surface area contributed by atoms with Crippen LogP contribution in [-0.2, 0) is 11.3 Å². The van der Waals surface area contributed by atoms with E-state index in [1.54, 1.807) is 12.3 Å². The number of carbonyl (C=O) groups is 1. The van der Waals surface area contributed by atoms with Gasteiger partial charge < -0.3 is 9.64 Å². The molecule has 0 radical (unpaired) electrons. The van der Waals surface area contributed by atoms with Crippen molar-refractivity contribution in [2.45, 2.75) is 26.4 Å². The Kier molecular flexibility index (Phi) is 4.77. The highest BCUT2D eigenvalue weighted by molar-refractivity contribution is 5.92. The molecular formula is C20H23N5O2. The van der Waals surface area contributed by atoms with Gasteiger partial charge in [0.1, 0.15) is 5.69 Å². The maximum absolute atomic E-state index is 12.9. The SMILES string of the molecule is Cc1nn(Cc2ccccc2)c(C)c1C1COCCN1C(=O)c1ccn[nH]1. The topological polar surface area (TPSA) is 76.0 Å². The van der Waals surface area contributed by atoms with Crippen molar-refractivity contribution in [2.75, 3.05) is 19.8 Å². The molecule has 1 aliphatic heterocycles. The number of carbonyl (C=O) groups excluding carboxylic acids is 1. The van der Waals surface area contributed by atoms with Crippen molar-refractivity contribution >= 4 is 5.91 Å². The molecule has 0 aliphatic carbocycles. The van der Waals surface area contributed by atoms with Crippen molar-refractivity contribution in [3.8, 4) is 0 Å². The van der Waals surface area contributed by atoms with Gasteiger partial charge in [0, 0.05) is 24.0 Å². The number of ether oxygens (including phenoxy) is 1. The average Bonchev–Trinajstić information content (AvgIpc) is 3.31. The first-order chi connectivity index (χ1) is 13.1. The number of amides is 1. The summed E-state index contributed by atoms with van der Waals surface area (Å²) < 4.78 is 7.72. The Morgan fingerprint density at radius 3 is 2.81 bits per heavy atom. The lowest BCUT2D eigenvalue weighted by Gasteiger charge is -2.35. The average molecular weight is 365 g/mol. The van der Waals surface area contributed by atoms with Crippen molar-refractivity contribution in [2.24, 2.45) is 0 Å². The van der Waals surface area contributed by atoms with Crippen molar-refractivity contribution in [1.82, 2.24) is 24.9 Å². The molecule has 1 aliphatic rings. The van der Waals surface area contributed by atoms with Crippen molar-refractivity contribution in [3.05, 3.63) is 70.8 Å². The molecule has 140 valence electrons. The Morgan fingerprint density at radius 1 is 1.26 bits per heavy atom. The van der Waals surface area contributed by atoms with Crippen LogP contribution < -0.4 is 0 Å². The summed E-state index contributed by atoms with van der Waals surface area (Å²) >= 11 is 0. The molecule has 4 rings (SSSR count).